The lowest BCUT2D eigenvalue weighted by atomic mass is 10.0. The Hall–Kier alpha value is -1.93. The van der Waals surface area contributed by atoms with Crippen LogP contribution in [-0.2, 0) is 11.2 Å². The highest BCUT2D eigenvalue weighted by Crippen LogP contribution is 2.34. The molecule has 2 aromatic carbocycles. The molecule has 0 bridgehead atoms. The first kappa shape index (κ1) is 17.9. The number of aryl methyl sites for hydroxylation is 2. The number of thiazole rings is 1. The van der Waals surface area contributed by atoms with Crippen LogP contribution in [0, 0.1) is 17.4 Å². The number of nitrogens with one attached hydrogen (secondary N) is 1. The minimum atomic E-state index is -0.852. The highest BCUT2D eigenvalue weighted by atomic mass is 127. The lowest BCUT2D eigenvalue weighted by Crippen LogP contribution is -1.99. The number of nitrogens with zero attached hydrogens (tertiary/aromatic N) is 1. The van der Waals surface area contributed by atoms with E-state index in [0.29, 0.717) is 5.13 Å². The molecule has 0 radical (unpaired) electrons. The first-order valence-corrected chi connectivity index (χ1v) is 9.63. The molecule has 0 amide bonds. The van der Waals surface area contributed by atoms with Gasteiger partial charge in [-0.2, -0.15) is 0 Å². The van der Waals surface area contributed by atoms with Gasteiger partial charge in [-0.15, -0.1) is 11.3 Å². The lowest BCUT2D eigenvalue weighted by molar-refractivity contribution is -0.136. The van der Waals surface area contributed by atoms with Crippen molar-refractivity contribution in [3.05, 3.63) is 62.0 Å². The molecule has 3 aromatic rings. The summed E-state index contributed by atoms with van der Waals surface area (Å²) in [5, 5.41) is 13.2. The van der Waals surface area contributed by atoms with Crippen LogP contribution >= 0.6 is 33.9 Å². The minimum absolute atomic E-state index is 0.0334. The Bertz CT molecular complexity index is 920. The number of aliphatic carboxylic acids is 1. The van der Waals surface area contributed by atoms with Crippen molar-refractivity contribution < 1.29 is 9.90 Å². The summed E-state index contributed by atoms with van der Waals surface area (Å²) in [6, 6.07) is 14.1. The van der Waals surface area contributed by atoms with E-state index < -0.39 is 5.97 Å². The number of carbonyl (C=O) groups is 1. The summed E-state index contributed by atoms with van der Waals surface area (Å²) in [6.07, 6.45) is -0.0334. The number of aromatic nitrogens is 1. The molecule has 0 aliphatic rings. The summed E-state index contributed by atoms with van der Waals surface area (Å²) in [6.45, 7) is 4.11. The number of carboxylic acid groups (broad SMARTS) is 1. The number of anilines is 2. The molecule has 6 heteroatoms. The Morgan fingerprint density at radius 3 is 2.52 bits per heavy atom. The van der Waals surface area contributed by atoms with Gasteiger partial charge in [0, 0.05) is 19.7 Å². The zero-order chi connectivity index (χ0) is 18.0. The van der Waals surface area contributed by atoms with E-state index >= 15 is 0 Å². The maximum Gasteiger partial charge on any atom is 0.308 e. The number of rotatable bonds is 5. The lowest BCUT2D eigenvalue weighted by Gasteiger charge is -2.05. The molecule has 0 aliphatic carbocycles. The molecular weight excluding hydrogens is 447 g/mol. The highest BCUT2D eigenvalue weighted by Gasteiger charge is 2.16. The van der Waals surface area contributed by atoms with Crippen molar-refractivity contribution in [1.82, 2.24) is 4.98 Å². The van der Waals surface area contributed by atoms with Crippen molar-refractivity contribution in [3.63, 3.8) is 0 Å². The summed E-state index contributed by atoms with van der Waals surface area (Å²) >= 11 is 3.64. The molecule has 1 aromatic heterocycles. The van der Waals surface area contributed by atoms with E-state index in [4.69, 9.17) is 0 Å². The minimum Gasteiger partial charge on any atom is -0.481 e. The number of carboxylic acids is 1. The third-order valence-electron chi connectivity index (χ3n) is 3.88. The quantitative estimate of drug-likeness (QED) is 0.497. The summed E-state index contributed by atoms with van der Waals surface area (Å²) in [5.41, 5.74) is 4.99. The molecular formula is C19H17IN2O2S. The van der Waals surface area contributed by atoms with Crippen molar-refractivity contribution in [2.45, 2.75) is 20.3 Å². The van der Waals surface area contributed by atoms with Gasteiger partial charge in [-0.05, 0) is 77.9 Å². The average Bonchev–Trinajstić information content (AvgIpc) is 2.94. The van der Waals surface area contributed by atoms with Crippen molar-refractivity contribution in [3.8, 4) is 11.3 Å². The van der Waals surface area contributed by atoms with Crippen LogP contribution in [0.2, 0.25) is 0 Å². The van der Waals surface area contributed by atoms with E-state index in [1.54, 1.807) is 0 Å². The van der Waals surface area contributed by atoms with Crippen LogP contribution in [0.1, 0.15) is 16.0 Å². The SMILES string of the molecule is Cc1ccc(-c2nc(Nc3ccc(I)cc3)sc2CC(=O)O)cc1C. The van der Waals surface area contributed by atoms with Gasteiger partial charge in [-0.25, -0.2) is 4.98 Å². The summed E-state index contributed by atoms with van der Waals surface area (Å²) < 4.78 is 1.16. The van der Waals surface area contributed by atoms with Crippen molar-refractivity contribution >= 4 is 50.7 Å². The molecule has 25 heavy (non-hydrogen) atoms. The van der Waals surface area contributed by atoms with Crippen LogP contribution in [0.15, 0.2) is 42.5 Å². The standard InChI is InChI=1S/C19H17IN2O2S/c1-11-3-4-13(9-12(11)2)18-16(10-17(23)24)25-19(22-18)21-15-7-5-14(20)6-8-15/h3-9H,10H2,1-2H3,(H,21,22)(H,23,24). The van der Waals surface area contributed by atoms with Gasteiger partial charge in [0.15, 0.2) is 5.13 Å². The van der Waals surface area contributed by atoms with Crippen LogP contribution in [0.4, 0.5) is 10.8 Å². The first-order valence-electron chi connectivity index (χ1n) is 7.74. The Morgan fingerprint density at radius 2 is 1.88 bits per heavy atom. The number of benzene rings is 2. The molecule has 0 fully saturated rings. The molecule has 0 aliphatic heterocycles. The second kappa shape index (κ2) is 7.53. The van der Waals surface area contributed by atoms with E-state index in [0.717, 1.165) is 25.4 Å². The molecule has 0 saturated heterocycles. The van der Waals surface area contributed by atoms with Crippen molar-refractivity contribution in [1.29, 1.82) is 0 Å². The Morgan fingerprint density at radius 1 is 1.16 bits per heavy atom. The molecule has 128 valence electrons. The van der Waals surface area contributed by atoms with E-state index in [2.05, 4.69) is 45.9 Å². The Labute approximate surface area is 164 Å². The van der Waals surface area contributed by atoms with E-state index in [9.17, 15) is 9.90 Å². The van der Waals surface area contributed by atoms with Gasteiger partial charge in [-0.1, -0.05) is 12.1 Å². The second-order valence-corrected chi connectivity index (χ2v) is 8.12. The van der Waals surface area contributed by atoms with Gasteiger partial charge in [-0.3, -0.25) is 4.79 Å². The largest absolute Gasteiger partial charge is 0.481 e. The number of hydrogen-bond donors (Lipinski definition) is 2. The molecule has 2 N–H and O–H groups in total. The van der Waals surface area contributed by atoms with Crippen LogP contribution in [0.25, 0.3) is 11.3 Å². The van der Waals surface area contributed by atoms with Gasteiger partial charge in [0.2, 0.25) is 0 Å². The average molecular weight is 464 g/mol. The maximum atomic E-state index is 11.2. The summed E-state index contributed by atoms with van der Waals surface area (Å²) in [5.74, 6) is -0.852. The first-order chi connectivity index (χ1) is 11.9. The zero-order valence-corrected chi connectivity index (χ0v) is 16.8. The van der Waals surface area contributed by atoms with Crippen LogP contribution < -0.4 is 5.32 Å². The topological polar surface area (TPSA) is 62.2 Å². The Kier molecular flexibility index (Phi) is 5.39. The monoisotopic (exact) mass is 464 g/mol. The van der Waals surface area contributed by atoms with E-state index in [-0.39, 0.29) is 6.42 Å². The van der Waals surface area contributed by atoms with Crippen LogP contribution in [-0.4, -0.2) is 16.1 Å². The fourth-order valence-electron chi connectivity index (χ4n) is 2.43. The highest BCUT2D eigenvalue weighted by molar-refractivity contribution is 14.1. The molecule has 4 nitrogen and oxygen atoms in total. The molecule has 1 heterocycles. The van der Waals surface area contributed by atoms with Crippen molar-refractivity contribution in [2.24, 2.45) is 0 Å². The summed E-state index contributed by atoms with van der Waals surface area (Å²) in [4.78, 5) is 16.7. The predicted molar refractivity (Wildman–Crippen MR) is 111 cm³/mol. The van der Waals surface area contributed by atoms with Crippen LogP contribution in [0.3, 0.4) is 0 Å². The van der Waals surface area contributed by atoms with Gasteiger partial charge >= 0.3 is 5.97 Å². The molecule has 0 unspecified atom stereocenters. The maximum absolute atomic E-state index is 11.2. The predicted octanol–water partition coefficient (Wildman–Crippen LogP) is 5.40. The third-order valence-corrected chi connectivity index (χ3v) is 5.57. The van der Waals surface area contributed by atoms with Gasteiger partial charge < -0.3 is 10.4 Å². The fraction of sp³-hybridized carbons (Fsp3) is 0.158. The summed E-state index contributed by atoms with van der Waals surface area (Å²) in [7, 11) is 0. The molecule has 0 saturated carbocycles. The van der Waals surface area contributed by atoms with Crippen LogP contribution in [0.5, 0.6) is 0 Å². The normalized spacial score (nSPS) is 10.7. The van der Waals surface area contributed by atoms with Gasteiger partial charge in [0.25, 0.3) is 0 Å². The molecule has 0 atom stereocenters. The van der Waals surface area contributed by atoms with E-state index in [1.165, 1.54) is 22.5 Å². The van der Waals surface area contributed by atoms with Gasteiger partial charge in [0.05, 0.1) is 12.1 Å². The molecule has 3 rings (SSSR count). The second-order valence-electron chi connectivity index (χ2n) is 5.79. The zero-order valence-electron chi connectivity index (χ0n) is 13.8. The Balaban J connectivity index is 1.98. The number of halogens is 1. The van der Waals surface area contributed by atoms with E-state index in [1.807, 2.05) is 43.3 Å². The number of hydrogen-bond acceptors (Lipinski definition) is 4. The smallest absolute Gasteiger partial charge is 0.308 e. The fourth-order valence-corrected chi connectivity index (χ4v) is 3.79. The molecule has 0 spiro atoms. The van der Waals surface area contributed by atoms with Gasteiger partial charge in [0.1, 0.15) is 0 Å². The van der Waals surface area contributed by atoms with Crippen molar-refractivity contribution in [2.75, 3.05) is 5.32 Å². The third kappa shape index (κ3) is 4.38.